The molecule has 0 aliphatic carbocycles. The molecule has 0 radical (unpaired) electrons. The first-order valence-electron chi connectivity index (χ1n) is 16.6. The summed E-state index contributed by atoms with van der Waals surface area (Å²) in [6, 6.07) is 73.8. The zero-order chi connectivity index (χ0) is 31.9. The van der Waals surface area contributed by atoms with Crippen LogP contribution in [0.3, 0.4) is 0 Å². The standard InChI is InChI=1S/C46H33NSi/c1-4-16-35(17-5-1)48(36-18-6-2-7-19-36,37-20-8-3-9-21-37)38-30-28-34(29-31-38)39-32-33-46(41-23-11-10-22-40(39)41)47-44-26-14-12-24-42(44)43-25-13-15-27-45(43)47/h1-33H. The maximum Gasteiger partial charge on any atom is 0.179 e. The van der Waals surface area contributed by atoms with Crippen molar-refractivity contribution in [1.29, 1.82) is 0 Å². The Bertz CT molecular complexity index is 2380. The summed E-state index contributed by atoms with van der Waals surface area (Å²) in [5.74, 6) is 0. The summed E-state index contributed by atoms with van der Waals surface area (Å²) < 4.78 is 2.43. The highest BCUT2D eigenvalue weighted by Gasteiger charge is 2.41. The van der Waals surface area contributed by atoms with Crippen LogP contribution in [0.2, 0.25) is 0 Å². The third-order valence-corrected chi connectivity index (χ3v) is 14.8. The van der Waals surface area contributed by atoms with Crippen molar-refractivity contribution in [2.24, 2.45) is 0 Å². The third kappa shape index (κ3) is 4.38. The van der Waals surface area contributed by atoms with Crippen LogP contribution in [0.15, 0.2) is 200 Å². The van der Waals surface area contributed by atoms with E-state index >= 15 is 0 Å². The van der Waals surface area contributed by atoms with Gasteiger partial charge in [-0.05, 0) is 55.5 Å². The quantitative estimate of drug-likeness (QED) is 0.128. The van der Waals surface area contributed by atoms with Crippen molar-refractivity contribution >= 4 is 61.4 Å². The second-order valence-electron chi connectivity index (χ2n) is 12.5. The molecule has 0 aliphatic rings. The van der Waals surface area contributed by atoms with Crippen molar-refractivity contribution in [3.05, 3.63) is 200 Å². The molecule has 1 aromatic heterocycles. The zero-order valence-electron chi connectivity index (χ0n) is 26.5. The van der Waals surface area contributed by atoms with Crippen LogP contribution in [0.4, 0.5) is 0 Å². The second-order valence-corrected chi connectivity index (χ2v) is 16.3. The molecule has 0 saturated heterocycles. The fourth-order valence-electron chi connectivity index (χ4n) is 7.88. The predicted molar refractivity (Wildman–Crippen MR) is 207 cm³/mol. The lowest BCUT2D eigenvalue weighted by atomic mass is 9.97. The maximum absolute atomic E-state index is 2.58. The van der Waals surface area contributed by atoms with Crippen LogP contribution in [0.25, 0.3) is 49.4 Å². The molecule has 0 unspecified atom stereocenters. The lowest BCUT2D eigenvalue weighted by Gasteiger charge is -2.34. The van der Waals surface area contributed by atoms with E-state index in [1.54, 1.807) is 0 Å². The SMILES string of the molecule is c1ccc([Si](c2ccccc2)(c2ccccc2)c2ccc(-c3ccc(-n4c5ccccc5c5ccccc54)c4ccccc34)cc2)cc1. The second kappa shape index (κ2) is 11.7. The van der Waals surface area contributed by atoms with Crippen molar-refractivity contribution in [3.63, 3.8) is 0 Å². The van der Waals surface area contributed by atoms with Crippen LogP contribution >= 0.6 is 0 Å². The Hall–Kier alpha value is -5.96. The van der Waals surface area contributed by atoms with E-state index in [9.17, 15) is 0 Å². The average Bonchev–Trinajstić information content (AvgIpc) is 3.51. The fraction of sp³-hybridized carbons (Fsp3) is 0. The lowest BCUT2D eigenvalue weighted by molar-refractivity contribution is 1.20. The van der Waals surface area contributed by atoms with Crippen LogP contribution < -0.4 is 20.7 Å². The van der Waals surface area contributed by atoms with E-state index in [0.717, 1.165) is 0 Å². The van der Waals surface area contributed by atoms with Gasteiger partial charge in [0.05, 0.1) is 16.7 Å². The Labute approximate surface area is 282 Å². The minimum Gasteiger partial charge on any atom is -0.309 e. The predicted octanol–water partition coefficient (Wildman–Crippen LogP) is 8.98. The molecule has 9 rings (SSSR count). The third-order valence-electron chi connectivity index (χ3n) is 9.97. The Morgan fingerprint density at radius 1 is 0.292 bits per heavy atom. The highest BCUT2D eigenvalue weighted by Crippen LogP contribution is 2.37. The molecule has 9 aromatic rings. The number of hydrogen-bond donors (Lipinski definition) is 0. The van der Waals surface area contributed by atoms with Gasteiger partial charge in [0.15, 0.2) is 8.07 Å². The highest BCUT2D eigenvalue weighted by atomic mass is 28.3. The molecule has 0 atom stereocenters. The molecule has 1 nitrogen and oxygen atoms in total. The molecule has 0 bridgehead atoms. The minimum absolute atomic E-state index is 1.20. The van der Waals surface area contributed by atoms with Gasteiger partial charge >= 0.3 is 0 Å². The Morgan fingerprint density at radius 3 is 1.19 bits per heavy atom. The topological polar surface area (TPSA) is 4.93 Å². The van der Waals surface area contributed by atoms with E-state index < -0.39 is 8.07 Å². The van der Waals surface area contributed by atoms with Crippen molar-refractivity contribution in [2.75, 3.05) is 0 Å². The van der Waals surface area contributed by atoms with E-state index in [1.165, 1.54) is 70.1 Å². The monoisotopic (exact) mass is 627 g/mol. The van der Waals surface area contributed by atoms with Crippen LogP contribution in [0.5, 0.6) is 0 Å². The molecule has 226 valence electrons. The Balaban J connectivity index is 1.23. The molecule has 0 spiro atoms. The van der Waals surface area contributed by atoms with Crippen LogP contribution in [-0.4, -0.2) is 12.6 Å². The van der Waals surface area contributed by atoms with Gasteiger partial charge < -0.3 is 4.57 Å². The number of rotatable bonds is 6. The summed E-state index contributed by atoms with van der Waals surface area (Å²) in [6.45, 7) is 0. The first-order valence-corrected chi connectivity index (χ1v) is 18.6. The van der Waals surface area contributed by atoms with E-state index in [4.69, 9.17) is 0 Å². The first kappa shape index (κ1) is 28.3. The summed E-state index contributed by atoms with van der Waals surface area (Å²) >= 11 is 0. The molecule has 0 amide bonds. The number of fused-ring (bicyclic) bond motifs is 4. The van der Waals surface area contributed by atoms with E-state index in [-0.39, 0.29) is 0 Å². The normalized spacial score (nSPS) is 11.8. The van der Waals surface area contributed by atoms with Gasteiger partial charge in [0, 0.05) is 16.2 Å². The number of benzene rings is 8. The molecular weight excluding hydrogens is 595 g/mol. The summed E-state index contributed by atoms with van der Waals surface area (Å²) in [4.78, 5) is 0. The van der Waals surface area contributed by atoms with Crippen molar-refractivity contribution in [1.82, 2.24) is 4.57 Å². The van der Waals surface area contributed by atoms with Gasteiger partial charge in [0.1, 0.15) is 0 Å². The summed E-state index contributed by atoms with van der Waals surface area (Å²) in [5.41, 5.74) is 6.12. The molecule has 2 heteroatoms. The molecule has 0 saturated carbocycles. The smallest absolute Gasteiger partial charge is 0.179 e. The van der Waals surface area contributed by atoms with Crippen LogP contribution in [0, 0.1) is 0 Å². The van der Waals surface area contributed by atoms with E-state index in [0.29, 0.717) is 0 Å². The zero-order valence-corrected chi connectivity index (χ0v) is 27.5. The summed E-state index contributed by atoms with van der Waals surface area (Å²) in [5, 5.41) is 10.6. The van der Waals surface area contributed by atoms with Gasteiger partial charge in [-0.2, -0.15) is 0 Å². The molecular formula is C46H33NSi. The maximum atomic E-state index is 2.43. The Morgan fingerprint density at radius 2 is 0.688 bits per heavy atom. The van der Waals surface area contributed by atoms with Crippen molar-refractivity contribution in [2.45, 2.75) is 0 Å². The van der Waals surface area contributed by atoms with Gasteiger partial charge in [-0.25, -0.2) is 0 Å². The summed E-state index contributed by atoms with van der Waals surface area (Å²) in [6.07, 6.45) is 0. The molecule has 48 heavy (non-hydrogen) atoms. The molecule has 1 heterocycles. The summed E-state index contributed by atoms with van der Waals surface area (Å²) in [7, 11) is -2.58. The van der Waals surface area contributed by atoms with Gasteiger partial charge in [0.25, 0.3) is 0 Å². The highest BCUT2D eigenvalue weighted by molar-refractivity contribution is 7.19. The van der Waals surface area contributed by atoms with Gasteiger partial charge in [-0.3, -0.25) is 0 Å². The molecule has 0 N–H and O–H groups in total. The first-order chi connectivity index (χ1) is 23.8. The largest absolute Gasteiger partial charge is 0.309 e. The number of hydrogen-bond acceptors (Lipinski definition) is 0. The number of aromatic nitrogens is 1. The van der Waals surface area contributed by atoms with E-state index in [2.05, 4.69) is 205 Å². The van der Waals surface area contributed by atoms with E-state index in [1.807, 2.05) is 0 Å². The lowest BCUT2D eigenvalue weighted by Crippen LogP contribution is -2.74. The molecule has 8 aromatic carbocycles. The number of para-hydroxylation sites is 2. The van der Waals surface area contributed by atoms with Crippen molar-refractivity contribution in [3.8, 4) is 16.8 Å². The fourth-order valence-corrected chi connectivity index (χ4v) is 12.6. The van der Waals surface area contributed by atoms with Crippen molar-refractivity contribution < 1.29 is 0 Å². The average molecular weight is 628 g/mol. The van der Waals surface area contributed by atoms with Gasteiger partial charge in [-0.15, -0.1) is 0 Å². The molecule has 0 fully saturated rings. The Kier molecular flexibility index (Phi) is 6.88. The van der Waals surface area contributed by atoms with Crippen LogP contribution in [-0.2, 0) is 0 Å². The minimum atomic E-state index is -2.58. The van der Waals surface area contributed by atoms with Gasteiger partial charge in [-0.1, -0.05) is 182 Å². The van der Waals surface area contributed by atoms with Gasteiger partial charge in [0.2, 0.25) is 0 Å². The van der Waals surface area contributed by atoms with Crippen LogP contribution in [0.1, 0.15) is 0 Å². The molecule has 0 aliphatic heterocycles. The number of nitrogens with zero attached hydrogens (tertiary/aromatic N) is 1.